The number of nitrogens with zero attached hydrogens (tertiary/aromatic N) is 1. The van der Waals surface area contributed by atoms with Crippen LogP contribution in [-0.4, -0.2) is 51.0 Å². The van der Waals surface area contributed by atoms with E-state index in [2.05, 4.69) is 11.4 Å². The van der Waals surface area contributed by atoms with Gasteiger partial charge < -0.3 is 14.8 Å². The zero-order valence-electron chi connectivity index (χ0n) is 19.7. The van der Waals surface area contributed by atoms with Gasteiger partial charge in [-0.1, -0.05) is 19.4 Å². The SMILES string of the molecule is CC[C@@H](Oc1cc(C)cc(C)c1)C(=O)NCCOc1ccc(S(=O)(=O)N2CCCCC2)cc1. The molecular formula is C25H34N2O5S. The summed E-state index contributed by atoms with van der Waals surface area (Å²) in [5, 5.41) is 2.84. The van der Waals surface area contributed by atoms with Crippen LogP contribution >= 0.6 is 0 Å². The van der Waals surface area contributed by atoms with Crippen molar-refractivity contribution in [2.75, 3.05) is 26.2 Å². The summed E-state index contributed by atoms with van der Waals surface area (Å²) < 4.78 is 38.5. The van der Waals surface area contributed by atoms with Crippen molar-refractivity contribution >= 4 is 15.9 Å². The quantitative estimate of drug-likeness (QED) is 0.529. The van der Waals surface area contributed by atoms with E-state index in [1.54, 1.807) is 28.6 Å². The molecule has 33 heavy (non-hydrogen) atoms. The molecule has 0 aromatic heterocycles. The van der Waals surface area contributed by atoms with Gasteiger partial charge in [-0.05, 0) is 80.6 Å². The first-order valence-electron chi connectivity index (χ1n) is 11.6. The fourth-order valence-corrected chi connectivity index (χ4v) is 5.42. The largest absolute Gasteiger partial charge is 0.492 e. The standard InChI is InChI=1S/C25H34N2O5S/c1-4-24(32-22-17-19(2)16-20(3)18-22)25(28)26-12-15-31-21-8-10-23(11-9-21)33(29,30)27-13-6-5-7-14-27/h8-11,16-18,24H,4-7,12-15H2,1-3H3,(H,26,28)/t24-/m1/s1. The molecular weight excluding hydrogens is 440 g/mol. The summed E-state index contributed by atoms with van der Waals surface area (Å²) in [7, 11) is -3.45. The Morgan fingerprint density at radius 1 is 1.00 bits per heavy atom. The number of carbonyl (C=O) groups is 1. The molecule has 0 spiro atoms. The summed E-state index contributed by atoms with van der Waals surface area (Å²) in [6.07, 6.45) is 2.85. The van der Waals surface area contributed by atoms with Crippen LogP contribution in [-0.2, 0) is 14.8 Å². The molecule has 0 bridgehead atoms. The van der Waals surface area contributed by atoms with Crippen LogP contribution in [0.2, 0.25) is 0 Å². The number of piperidine rings is 1. The van der Waals surface area contributed by atoms with E-state index >= 15 is 0 Å². The summed E-state index contributed by atoms with van der Waals surface area (Å²) >= 11 is 0. The van der Waals surface area contributed by atoms with Crippen molar-refractivity contribution in [2.45, 2.75) is 57.5 Å². The molecule has 0 saturated carbocycles. The van der Waals surface area contributed by atoms with Crippen LogP contribution < -0.4 is 14.8 Å². The maximum absolute atomic E-state index is 12.7. The number of rotatable bonds is 10. The number of carbonyl (C=O) groups excluding carboxylic acids is 1. The molecule has 1 aliphatic heterocycles. The van der Waals surface area contributed by atoms with Crippen molar-refractivity contribution in [3.05, 3.63) is 53.6 Å². The number of aryl methyl sites for hydroxylation is 2. The van der Waals surface area contributed by atoms with E-state index in [9.17, 15) is 13.2 Å². The number of ether oxygens (including phenoxy) is 2. The molecule has 0 aliphatic carbocycles. The highest BCUT2D eigenvalue weighted by atomic mass is 32.2. The first-order valence-corrected chi connectivity index (χ1v) is 13.0. The molecule has 1 atom stereocenters. The van der Waals surface area contributed by atoms with Crippen molar-refractivity contribution in [3.63, 3.8) is 0 Å². The van der Waals surface area contributed by atoms with Crippen LogP contribution in [0.4, 0.5) is 0 Å². The third-order valence-electron chi connectivity index (χ3n) is 5.58. The Balaban J connectivity index is 1.46. The lowest BCUT2D eigenvalue weighted by Crippen LogP contribution is -2.39. The Morgan fingerprint density at radius 3 is 2.24 bits per heavy atom. The lowest BCUT2D eigenvalue weighted by atomic mass is 10.1. The van der Waals surface area contributed by atoms with Crippen LogP contribution in [0.5, 0.6) is 11.5 Å². The summed E-state index contributed by atoms with van der Waals surface area (Å²) in [5.74, 6) is 1.05. The molecule has 3 rings (SSSR count). The number of amides is 1. The highest BCUT2D eigenvalue weighted by Crippen LogP contribution is 2.23. The minimum Gasteiger partial charge on any atom is -0.492 e. The van der Waals surface area contributed by atoms with Crippen molar-refractivity contribution in [1.29, 1.82) is 0 Å². The summed E-state index contributed by atoms with van der Waals surface area (Å²) in [4.78, 5) is 12.8. The zero-order chi connectivity index (χ0) is 23.8. The Kier molecular flexibility index (Phi) is 8.74. The average Bonchev–Trinajstić information content (AvgIpc) is 2.80. The smallest absolute Gasteiger partial charge is 0.261 e. The lowest BCUT2D eigenvalue weighted by molar-refractivity contribution is -0.128. The van der Waals surface area contributed by atoms with E-state index in [4.69, 9.17) is 9.47 Å². The topological polar surface area (TPSA) is 84.9 Å². The van der Waals surface area contributed by atoms with Crippen LogP contribution in [0.15, 0.2) is 47.4 Å². The van der Waals surface area contributed by atoms with Gasteiger partial charge in [0.05, 0.1) is 11.4 Å². The summed E-state index contributed by atoms with van der Waals surface area (Å²) in [6, 6.07) is 12.3. The maximum atomic E-state index is 12.7. The second-order valence-electron chi connectivity index (χ2n) is 8.41. The second kappa shape index (κ2) is 11.5. The number of hydrogen-bond acceptors (Lipinski definition) is 5. The molecule has 1 N–H and O–H groups in total. The minimum absolute atomic E-state index is 0.191. The molecule has 0 radical (unpaired) electrons. The van der Waals surface area contributed by atoms with Gasteiger partial charge in [-0.2, -0.15) is 4.31 Å². The van der Waals surface area contributed by atoms with Crippen LogP contribution in [0.3, 0.4) is 0 Å². The van der Waals surface area contributed by atoms with E-state index in [-0.39, 0.29) is 17.4 Å². The number of benzene rings is 2. The van der Waals surface area contributed by atoms with Crippen molar-refractivity contribution < 1.29 is 22.7 Å². The normalized spacial score (nSPS) is 15.6. The molecule has 180 valence electrons. The van der Waals surface area contributed by atoms with Crippen LogP contribution in [0.25, 0.3) is 0 Å². The van der Waals surface area contributed by atoms with E-state index < -0.39 is 16.1 Å². The summed E-state index contributed by atoms with van der Waals surface area (Å²) in [6.45, 7) is 7.63. The van der Waals surface area contributed by atoms with Crippen LogP contribution in [0, 0.1) is 13.8 Å². The molecule has 7 nitrogen and oxygen atoms in total. The highest BCUT2D eigenvalue weighted by Gasteiger charge is 2.25. The van der Waals surface area contributed by atoms with E-state index in [1.165, 1.54) is 0 Å². The molecule has 8 heteroatoms. The first-order chi connectivity index (χ1) is 15.8. The Bertz CT molecular complexity index is 1010. The third-order valence-corrected chi connectivity index (χ3v) is 7.50. The van der Waals surface area contributed by atoms with Gasteiger partial charge in [0.25, 0.3) is 5.91 Å². The van der Waals surface area contributed by atoms with Crippen molar-refractivity contribution in [1.82, 2.24) is 9.62 Å². The molecule has 1 amide bonds. The Labute approximate surface area is 197 Å². The minimum atomic E-state index is -3.45. The van der Waals surface area contributed by atoms with E-state index in [0.717, 1.165) is 30.4 Å². The molecule has 1 heterocycles. The zero-order valence-corrected chi connectivity index (χ0v) is 20.5. The summed E-state index contributed by atoms with van der Waals surface area (Å²) in [5.41, 5.74) is 2.17. The van der Waals surface area contributed by atoms with Crippen molar-refractivity contribution in [3.8, 4) is 11.5 Å². The third kappa shape index (κ3) is 6.95. The van der Waals surface area contributed by atoms with Gasteiger partial charge in [-0.15, -0.1) is 0 Å². The second-order valence-corrected chi connectivity index (χ2v) is 10.4. The van der Waals surface area contributed by atoms with Crippen LogP contribution in [0.1, 0.15) is 43.7 Å². The van der Waals surface area contributed by atoms with Gasteiger partial charge in [-0.25, -0.2) is 8.42 Å². The molecule has 1 aliphatic rings. The Hall–Kier alpha value is -2.58. The number of hydrogen-bond donors (Lipinski definition) is 1. The van der Waals surface area contributed by atoms with Gasteiger partial charge in [0, 0.05) is 13.1 Å². The fraction of sp³-hybridized carbons (Fsp3) is 0.480. The molecule has 1 saturated heterocycles. The van der Waals surface area contributed by atoms with Gasteiger partial charge in [0.1, 0.15) is 18.1 Å². The van der Waals surface area contributed by atoms with Gasteiger partial charge >= 0.3 is 0 Å². The lowest BCUT2D eigenvalue weighted by Gasteiger charge is -2.25. The van der Waals surface area contributed by atoms with Gasteiger partial charge in [0.2, 0.25) is 10.0 Å². The first kappa shape index (κ1) is 25.1. The molecule has 2 aromatic rings. The number of nitrogens with one attached hydrogen (secondary N) is 1. The molecule has 2 aromatic carbocycles. The molecule has 0 unspecified atom stereocenters. The average molecular weight is 475 g/mol. The molecule has 1 fully saturated rings. The van der Waals surface area contributed by atoms with E-state index in [0.29, 0.717) is 37.6 Å². The monoisotopic (exact) mass is 474 g/mol. The predicted molar refractivity (Wildman–Crippen MR) is 128 cm³/mol. The van der Waals surface area contributed by atoms with E-state index in [1.807, 2.05) is 32.9 Å². The highest BCUT2D eigenvalue weighted by molar-refractivity contribution is 7.89. The van der Waals surface area contributed by atoms with Gasteiger partial charge in [-0.3, -0.25) is 4.79 Å². The van der Waals surface area contributed by atoms with Crippen molar-refractivity contribution in [2.24, 2.45) is 0 Å². The Morgan fingerprint density at radius 2 is 1.64 bits per heavy atom. The number of sulfonamides is 1. The maximum Gasteiger partial charge on any atom is 0.261 e. The predicted octanol–water partition coefficient (Wildman–Crippen LogP) is 3.83. The van der Waals surface area contributed by atoms with Gasteiger partial charge in [0.15, 0.2) is 6.10 Å². The fourth-order valence-electron chi connectivity index (χ4n) is 3.91.